The number of benzene rings is 2. The van der Waals surface area contributed by atoms with Crippen molar-refractivity contribution in [3.05, 3.63) is 59.7 Å². The first kappa shape index (κ1) is 17.1. The van der Waals surface area contributed by atoms with Crippen LogP contribution in [0.1, 0.15) is 50.7 Å². The van der Waals surface area contributed by atoms with E-state index in [2.05, 4.69) is 56.3 Å². The minimum atomic E-state index is 0. The van der Waals surface area contributed by atoms with Crippen molar-refractivity contribution in [1.29, 1.82) is 0 Å². The molecule has 0 nitrogen and oxygen atoms in total. The molecule has 0 amide bonds. The van der Waals surface area contributed by atoms with E-state index in [-0.39, 0.29) is 18.9 Å². The van der Waals surface area contributed by atoms with Crippen molar-refractivity contribution >= 4 is 0 Å². The Balaban J connectivity index is 0.000000250. The van der Waals surface area contributed by atoms with Gasteiger partial charge in [-0.3, -0.25) is 0 Å². The fraction of sp³-hybridized carbons (Fsp3) is 0.368. The van der Waals surface area contributed by atoms with E-state index in [1.54, 1.807) is 0 Å². The molecule has 0 saturated carbocycles. The Morgan fingerprint density at radius 2 is 1.55 bits per heavy atom. The maximum atomic E-state index is 3.30. The van der Waals surface area contributed by atoms with Gasteiger partial charge in [-0.1, -0.05) is 74.9 Å². The molecule has 100 valence electrons. The first-order chi connectivity index (χ1) is 9.36. The minimum Gasteiger partial charge on any atom is -0.179 e. The number of rotatable bonds is 3. The van der Waals surface area contributed by atoms with E-state index in [4.69, 9.17) is 0 Å². The smallest absolute Gasteiger partial charge is 0.179 e. The Labute approximate surface area is 135 Å². The molecule has 20 heavy (non-hydrogen) atoms. The van der Waals surface area contributed by atoms with E-state index in [1.807, 2.05) is 6.07 Å². The topological polar surface area (TPSA) is 0 Å². The van der Waals surface area contributed by atoms with Crippen LogP contribution in [0.25, 0.3) is 11.1 Å². The van der Waals surface area contributed by atoms with Gasteiger partial charge in [-0.05, 0) is 6.42 Å². The summed E-state index contributed by atoms with van der Waals surface area (Å²) in [5, 5.41) is 0. The zero-order valence-electron chi connectivity index (χ0n) is 13.1. The Bertz CT molecular complexity index is 469. The molecule has 2 aromatic carbocycles. The third kappa shape index (κ3) is 4.27. The van der Waals surface area contributed by atoms with Gasteiger partial charge in [0.25, 0.3) is 0 Å². The quantitative estimate of drug-likeness (QED) is 0.385. The second-order valence-electron chi connectivity index (χ2n) is 5.10. The van der Waals surface area contributed by atoms with Crippen LogP contribution in [0.4, 0.5) is 0 Å². The second-order valence-corrected chi connectivity index (χ2v) is 5.10. The summed E-state index contributed by atoms with van der Waals surface area (Å²) in [6.45, 7) is 4.46. The zero-order valence-corrected chi connectivity index (χ0v) is 13.1. The van der Waals surface area contributed by atoms with Crippen LogP contribution in [0.2, 0.25) is 0 Å². The van der Waals surface area contributed by atoms with Gasteiger partial charge in [0, 0.05) is 0 Å². The second kappa shape index (κ2) is 9.06. The summed E-state index contributed by atoms with van der Waals surface area (Å²) < 4.78 is 0. The third-order valence-corrected chi connectivity index (χ3v) is 3.57. The van der Waals surface area contributed by atoms with E-state index >= 15 is 0 Å². The molecule has 0 fully saturated rings. The summed E-state index contributed by atoms with van der Waals surface area (Å²) in [5.41, 5.74) is 5.51. The summed E-state index contributed by atoms with van der Waals surface area (Å²) in [6, 6.07) is 18.1. The minimum absolute atomic E-state index is 0. The monoisotopic (exact) mass is 258 g/mol. The van der Waals surface area contributed by atoms with Crippen LogP contribution in [0, 0.1) is 6.07 Å². The molecular weight excluding hydrogens is 235 g/mol. The average molecular weight is 258 g/mol. The first-order valence-corrected chi connectivity index (χ1v) is 7.44. The molecule has 3 rings (SSSR count). The standard InChI is InChI=1S/C13H9.C6H14.Li/c1-3-7-12-10(5-1)9-11-6-2-4-8-13(11)12;1-3-5-6-4-2;/h1-5,7-8H,9H2;3-6H2,1-2H3;/q-1;;+1. The SMILES string of the molecule is CCCCCC.[Li+].[c-]1cccc2c1Cc1ccccc1-2. The van der Waals surface area contributed by atoms with Gasteiger partial charge < -0.3 is 0 Å². The predicted octanol–water partition coefficient (Wildman–Crippen LogP) is 2.65. The van der Waals surface area contributed by atoms with Crippen LogP contribution in [0.5, 0.6) is 0 Å². The molecule has 1 aliphatic carbocycles. The van der Waals surface area contributed by atoms with Crippen LogP contribution in [-0.2, 0) is 6.42 Å². The largest absolute Gasteiger partial charge is 1.00 e. The number of hydrogen-bond donors (Lipinski definition) is 0. The van der Waals surface area contributed by atoms with Crippen LogP contribution in [0.15, 0.2) is 42.5 Å². The van der Waals surface area contributed by atoms with Crippen molar-refractivity contribution in [3.63, 3.8) is 0 Å². The molecule has 1 aliphatic rings. The van der Waals surface area contributed by atoms with Crippen molar-refractivity contribution < 1.29 is 18.9 Å². The summed E-state index contributed by atoms with van der Waals surface area (Å²) in [7, 11) is 0. The summed E-state index contributed by atoms with van der Waals surface area (Å²) in [4.78, 5) is 0. The van der Waals surface area contributed by atoms with E-state index in [1.165, 1.54) is 47.9 Å². The Kier molecular flexibility index (Phi) is 7.74. The van der Waals surface area contributed by atoms with Crippen LogP contribution in [-0.4, -0.2) is 0 Å². The van der Waals surface area contributed by atoms with Crippen molar-refractivity contribution in [2.75, 3.05) is 0 Å². The van der Waals surface area contributed by atoms with Crippen LogP contribution >= 0.6 is 0 Å². The van der Waals surface area contributed by atoms with Gasteiger partial charge in [0.2, 0.25) is 0 Å². The zero-order chi connectivity index (χ0) is 13.5. The molecule has 2 aromatic rings. The molecule has 0 aliphatic heterocycles. The molecule has 0 heterocycles. The fourth-order valence-electron chi connectivity index (χ4n) is 2.50. The molecule has 0 unspecified atom stereocenters. The van der Waals surface area contributed by atoms with E-state index < -0.39 is 0 Å². The molecule has 0 spiro atoms. The predicted molar refractivity (Wildman–Crippen MR) is 83.3 cm³/mol. The van der Waals surface area contributed by atoms with Gasteiger partial charge in [0.05, 0.1) is 0 Å². The Hall–Kier alpha value is -0.963. The summed E-state index contributed by atoms with van der Waals surface area (Å²) in [6.07, 6.45) is 6.58. The van der Waals surface area contributed by atoms with Gasteiger partial charge in [0.1, 0.15) is 0 Å². The molecular formula is C19H23Li. The number of fused-ring (bicyclic) bond motifs is 3. The fourth-order valence-corrected chi connectivity index (χ4v) is 2.50. The van der Waals surface area contributed by atoms with Crippen LogP contribution in [0.3, 0.4) is 0 Å². The van der Waals surface area contributed by atoms with Crippen molar-refractivity contribution in [3.8, 4) is 11.1 Å². The average Bonchev–Trinajstić information content (AvgIpc) is 2.84. The molecule has 1 heteroatoms. The van der Waals surface area contributed by atoms with Crippen LogP contribution < -0.4 is 18.9 Å². The molecule has 0 bridgehead atoms. The molecule has 0 radical (unpaired) electrons. The van der Waals surface area contributed by atoms with Crippen molar-refractivity contribution in [1.82, 2.24) is 0 Å². The first-order valence-electron chi connectivity index (χ1n) is 7.44. The van der Waals surface area contributed by atoms with E-state index in [0.29, 0.717) is 0 Å². The van der Waals surface area contributed by atoms with Gasteiger partial charge >= 0.3 is 18.9 Å². The van der Waals surface area contributed by atoms with E-state index in [9.17, 15) is 0 Å². The Morgan fingerprint density at radius 1 is 0.900 bits per heavy atom. The van der Waals surface area contributed by atoms with Gasteiger partial charge in [-0.15, -0.1) is 5.56 Å². The van der Waals surface area contributed by atoms with E-state index in [0.717, 1.165) is 6.42 Å². The maximum Gasteiger partial charge on any atom is 1.00 e. The van der Waals surface area contributed by atoms with Crippen molar-refractivity contribution in [2.24, 2.45) is 0 Å². The third-order valence-electron chi connectivity index (χ3n) is 3.57. The van der Waals surface area contributed by atoms with Gasteiger partial charge in [0.15, 0.2) is 0 Å². The number of hydrogen-bond acceptors (Lipinski definition) is 0. The summed E-state index contributed by atoms with van der Waals surface area (Å²) >= 11 is 0. The van der Waals surface area contributed by atoms with Gasteiger partial charge in [-0.2, -0.15) is 29.8 Å². The Morgan fingerprint density at radius 3 is 2.25 bits per heavy atom. The molecule has 0 saturated heterocycles. The van der Waals surface area contributed by atoms with Gasteiger partial charge in [-0.25, -0.2) is 0 Å². The normalized spacial score (nSPS) is 10.7. The summed E-state index contributed by atoms with van der Waals surface area (Å²) in [5.74, 6) is 0. The molecule has 0 N–H and O–H groups in total. The maximum absolute atomic E-state index is 3.30. The number of unbranched alkanes of at least 4 members (excludes halogenated alkanes) is 3. The molecule has 0 aromatic heterocycles. The molecule has 0 atom stereocenters. The van der Waals surface area contributed by atoms with Crippen molar-refractivity contribution in [2.45, 2.75) is 46.0 Å².